The van der Waals surface area contributed by atoms with Gasteiger partial charge in [0.25, 0.3) is 0 Å². The van der Waals surface area contributed by atoms with Crippen LogP contribution in [-0.2, 0) is 9.53 Å². The average molecular weight is 427 g/mol. The Kier molecular flexibility index (Phi) is 5.80. The van der Waals surface area contributed by atoms with Crippen molar-refractivity contribution >= 4 is 29.3 Å². The van der Waals surface area contributed by atoms with E-state index >= 15 is 0 Å². The highest BCUT2D eigenvalue weighted by molar-refractivity contribution is 7.99. The van der Waals surface area contributed by atoms with E-state index in [9.17, 15) is 9.59 Å². The number of nitrogens with one attached hydrogen (secondary N) is 1. The van der Waals surface area contributed by atoms with Crippen LogP contribution in [0.25, 0.3) is 5.69 Å². The van der Waals surface area contributed by atoms with Gasteiger partial charge in [0, 0.05) is 11.8 Å². The molecule has 2 aromatic carbocycles. The lowest BCUT2D eigenvalue weighted by Gasteiger charge is -2.18. The molecular formula is C19H17N5O5S. The molecule has 0 bridgehead atoms. The predicted octanol–water partition coefficient (Wildman–Crippen LogP) is 1.95. The minimum Gasteiger partial charge on any atom is -0.486 e. The number of carbonyl (C=O) groups excluding carboxylic acids is 2. The van der Waals surface area contributed by atoms with E-state index in [1.165, 1.54) is 23.6 Å². The number of fused-ring (bicyclic) bond motifs is 1. The van der Waals surface area contributed by atoms with Crippen molar-refractivity contribution in [3.8, 4) is 17.2 Å². The monoisotopic (exact) mass is 427 g/mol. The number of thioether (sulfide) groups is 1. The normalized spacial score (nSPS) is 12.3. The zero-order valence-electron chi connectivity index (χ0n) is 15.9. The van der Waals surface area contributed by atoms with Crippen molar-refractivity contribution in [2.24, 2.45) is 0 Å². The van der Waals surface area contributed by atoms with E-state index in [2.05, 4.69) is 25.6 Å². The minimum absolute atomic E-state index is 0.101. The third-order valence-electron chi connectivity index (χ3n) is 4.13. The van der Waals surface area contributed by atoms with E-state index in [0.717, 1.165) is 0 Å². The summed E-state index contributed by atoms with van der Waals surface area (Å²) in [5, 5.41) is 14.9. The lowest BCUT2D eigenvalue weighted by Crippen LogP contribution is -2.16. The van der Waals surface area contributed by atoms with Gasteiger partial charge in [-0.25, -0.2) is 4.79 Å². The molecule has 1 amide bonds. The van der Waals surface area contributed by atoms with Crippen molar-refractivity contribution < 1.29 is 23.8 Å². The van der Waals surface area contributed by atoms with Gasteiger partial charge in [0.15, 0.2) is 11.5 Å². The first-order chi connectivity index (χ1) is 14.6. The zero-order chi connectivity index (χ0) is 20.9. The Hall–Kier alpha value is -3.60. The highest BCUT2D eigenvalue weighted by Gasteiger charge is 2.16. The number of aromatic nitrogens is 4. The van der Waals surface area contributed by atoms with Crippen LogP contribution in [0.3, 0.4) is 0 Å². The number of carbonyl (C=O) groups is 2. The Bertz CT molecular complexity index is 1070. The van der Waals surface area contributed by atoms with Gasteiger partial charge in [-0.3, -0.25) is 4.79 Å². The summed E-state index contributed by atoms with van der Waals surface area (Å²) in [4.78, 5) is 23.7. The fraction of sp³-hybridized carbons (Fsp3) is 0.211. The van der Waals surface area contributed by atoms with Crippen LogP contribution < -0.4 is 14.8 Å². The molecule has 10 nitrogen and oxygen atoms in total. The smallest absolute Gasteiger partial charge is 0.337 e. The fourth-order valence-electron chi connectivity index (χ4n) is 2.73. The molecule has 0 unspecified atom stereocenters. The molecule has 3 aromatic rings. The minimum atomic E-state index is -0.436. The Morgan fingerprint density at radius 1 is 1.13 bits per heavy atom. The maximum atomic E-state index is 12.3. The van der Waals surface area contributed by atoms with E-state index in [1.54, 1.807) is 36.4 Å². The Balaban J connectivity index is 1.38. The van der Waals surface area contributed by atoms with Crippen LogP contribution >= 0.6 is 11.8 Å². The maximum absolute atomic E-state index is 12.3. The van der Waals surface area contributed by atoms with Gasteiger partial charge in [-0.05, 0) is 46.8 Å². The Morgan fingerprint density at radius 3 is 2.67 bits per heavy atom. The van der Waals surface area contributed by atoms with Gasteiger partial charge in [0.2, 0.25) is 11.1 Å². The number of hydrogen-bond donors (Lipinski definition) is 1. The Labute approximate surface area is 175 Å². The van der Waals surface area contributed by atoms with Crippen molar-refractivity contribution in [1.82, 2.24) is 20.2 Å². The number of ether oxygens (including phenoxy) is 3. The molecule has 0 radical (unpaired) electrons. The van der Waals surface area contributed by atoms with E-state index in [0.29, 0.717) is 46.8 Å². The predicted molar refractivity (Wildman–Crippen MR) is 107 cm³/mol. The van der Waals surface area contributed by atoms with Gasteiger partial charge >= 0.3 is 5.97 Å². The largest absolute Gasteiger partial charge is 0.486 e. The molecule has 0 atom stereocenters. The zero-order valence-corrected chi connectivity index (χ0v) is 16.7. The Morgan fingerprint density at radius 2 is 1.90 bits per heavy atom. The van der Waals surface area contributed by atoms with Crippen LogP contribution in [0, 0.1) is 0 Å². The number of rotatable bonds is 6. The number of esters is 1. The molecule has 1 aliphatic rings. The molecule has 154 valence electrons. The fourth-order valence-corrected chi connectivity index (χ4v) is 3.42. The molecule has 1 N–H and O–H groups in total. The van der Waals surface area contributed by atoms with Crippen LogP contribution in [0.2, 0.25) is 0 Å². The third kappa shape index (κ3) is 4.35. The molecule has 0 aliphatic carbocycles. The summed E-state index contributed by atoms with van der Waals surface area (Å²) in [7, 11) is 1.31. The van der Waals surface area contributed by atoms with Crippen LogP contribution in [0.5, 0.6) is 11.5 Å². The number of amides is 1. The number of hydrogen-bond acceptors (Lipinski definition) is 9. The summed E-state index contributed by atoms with van der Waals surface area (Å²) < 4.78 is 17.3. The molecule has 1 aliphatic heterocycles. The maximum Gasteiger partial charge on any atom is 0.337 e. The van der Waals surface area contributed by atoms with Crippen molar-refractivity contribution in [2.75, 3.05) is 31.4 Å². The van der Waals surface area contributed by atoms with Gasteiger partial charge in [-0.2, -0.15) is 4.68 Å². The first kappa shape index (κ1) is 19.7. The number of benzene rings is 2. The topological polar surface area (TPSA) is 117 Å². The summed E-state index contributed by atoms with van der Waals surface area (Å²) in [5.41, 5.74) is 1.67. The summed E-state index contributed by atoms with van der Waals surface area (Å²) in [6, 6.07) is 11.8. The highest BCUT2D eigenvalue weighted by atomic mass is 32.2. The van der Waals surface area contributed by atoms with E-state index in [1.807, 2.05) is 6.07 Å². The second kappa shape index (κ2) is 8.82. The molecule has 0 spiro atoms. The molecule has 1 aromatic heterocycles. The average Bonchev–Trinajstić information content (AvgIpc) is 3.26. The van der Waals surface area contributed by atoms with Crippen LogP contribution in [0.15, 0.2) is 47.6 Å². The quantitative estimate of drug-likeness (QED) is 0.465. The van der Waals surface area contributed by atoms with Gasteiger partial charge in [0.05, 0.1) is 24.1 Å². The summed E-state index contributed by atoms with van der Waals surface area (Å²) in [6.07, 6.45) is 0. The first-order valence-corrected chi connectivity index (χ1v) is 9.92. The highest BCUT2D eigenvalue weighted by Crippen LogP contribution is 2.32. The number of anilines is 1. The van der Waals surface area contributed by atoms with Gasteiger partial charge in [0.1, 0.15) is 13.2 Å². The SMILES string of the molecule is COC(=O)c1ccc(NC(=O)CSc2nnnn2-c2ccc3c(c2)OCCO3)cc1. The molecule has 2 heterocycles. The van der Waals surface area contributed by atoms with E-state index < -0.39 is 5.97 Å². The second-order valence-corrected chi connectivity index (χ2v) is 7.05. The molecule has 30 heavy (non-hydrogen) atoms. The molecule has 11 heteroatoms. The molecular weight excluding hydrogens is 410 g/mol. The van der Waals surface area contributed by atoms with E-state index in [-0.39, 0.29) is 11.7 Å². The van der Waals surface area contributed by atoms with Crippen molar-refractivity contribution in [3.05, 3.63) is 48.0 Å². The summed E-state index contributed by atoms with van der Waals surface area (Å²) >= 11 is 1.19. The van der Waals surface area contributed by atoms with Crippen LogP contribution in [0.4, 0.5) is 5.69 Å². The van der Waals surface area contributed by atoms with Gasteiger partial charge < -0.3 is 19.5 Å². The molecule has 0 saturated heterocycles. The summed E-state index contributed by atoms with van der Waals surface area (Å²) in [6.45, 7) is 0.993. The third-order valence-corrected chi connectivity index (χ3v) is 5.05. The molecule has 4 rings (SSSR count). The lowest BCUT2D eigenvalue weighted by molar-refractivity contribution is -0.113. The van der Waals surface area contributed by atoms with Gasteiger partial charge in [-0.1, -0.05) is 11.8 Å². The number of nitrogens with zero attached hydrogens (tertiary/aromatic N) is 4. The van der Waals surface area contributed by atoms with Crippen LogP contribution in [0.1, 0.15) is 10.4 Å². The first-order valence-electron chi connectivity index (χ1n) is 8.93. The van der Waals surface area contributed by atoms with Crippen molar-refractivity contribution in [2.45, 2.75) is 5.16 Å². The standard InChI is InChI=1S/C19H17N5O5S/c1-27-18(26)12-2-4-13(5-3-12)20-17(25)11-30-19-21-22-23-24(19)14-6-7-15-16(10-14)29-9-8-28-15/h2-7,10H,8-9,11H2,1H3,(H,20,25). The summed E-state index contributed by atoms with van der Waals surface area (Å²) in [5.74, 6) is 0.726. The number of methoxy groups -OCH3 is 1. The molecule has 0 fully saturated rings. The van der Waals surface area contributed by atoms with Crippen molar-refractivity contribution in [1.29, 1.82) is 0 Å². The van der Waals surface area contributed by atoms with E-state index in [4.69, 9.17) is 9.47 Å². The molecule has 0 saturated carbocycles. The van der Waals surface area contributed by atoms with Crippen molar-refractivity contribution in [3.63, 3.8) is 0 Å². The number of tetrazole rings is 1. The van der Waals surface area contributed by atoms with Gasteiger partial charge in [-0.15, -0.1) is 5.10 Å². The second-order valence-electron chi connectivity index (χ2n) is 6.11. The van der Waals surface area contributed by atoms with Crippen LogP contribution in [-0.4, -0.2) is 58.2 Å². The lowest BCUT2D eigenvalue weighted by atomic mass is 10.2.